The second kappa shape index (κ2) is 8.51. The summed E-state index contributed by atoms with van der Waals surface area (Å²) in [5, 5.41) is 17.7. The van der Waals surface area contributed by atoms with Gasteiger partial charge in [-0.3, -0.25) is 0 Å². The van der Waals surface area contributed by atoms with Gasteiger partial charge in [-0.1, -0.05) is 35.5 Å². The highest BCUT2D eigenvalue weighted by Crippen LogP contribution is 2.11. The van der Waals surface area contributed by atoms with Gasteiger partial charge in [-0.2, -0.15) is 0 Å². The number of nitrogens with zero attached hydrogens (tertiary/aromatic N) is 3. The molecule has 6 nitrogen and oxygen atoms in total. The maximum absolute atomic E-state index is 9.88. The van der Waals surface area contributed by atoms with E-state index in [9.17, 15) is 5.11 Å². The molecule has 1 atom stereocenters. The summed E-state index contributed by atoms with van der Waals surface area (Å²) < 4.78 is 12.2. The number of methoxy groups -OCH3 is 1. The number of hydrogen-bond donors (Lipinski definition) is 1. The van der Waals surface area contributed by atoms with Crippen LogP contribution in [0.15, 0.2) is 36.5 Å². The second-order valence-corrected chi connectivity index (χ2v) is 4.74. The Bertz CT molecular complexity index is 516. The van der Waals surface area contributed by atoms with Gasteiger partial charge in [0.05, 0.1) is 25.1 Å². The van der Waals surface area contributed by atoms with E-state index in [1.807, 2.05) is 30.3 Å². The lowest BCUT2D eigenvalue weighted by atomic mass is 10.2. The summed E-state index contributed by atoms with van der Waals surface area (Å²) in [5.41, 5.74) is 1.83. The molecule has 0 aliphatic heterocycles. The van der Waals surface area contributed by atoms with Crippen LogP contribution in [0.5, 0.6) is 0 Å². The monoisotopic (exact) mass is 291 g/mol. The van der Waals surface area contributed by atoms with E-state index in [2.05, 4.69) is 10.3 Å². The van der Waals surface area contributed by atoms with E-state index in [1.165, 1.54) is 0 Å². The average Bonchev–Trinajstić information content (AvgIpc) is 2.97. The van der Waals surface area contributed by atoms with Gasteiger partial charge in [0, 0.05) is 20.3 Å². The van der Waals surface area contributed by atoms with E-state index >= 15 is 0 Å². The van der Waals surface area contributed by atoms with Crippen LogP contribution in [0.4, 0.5) is 0 Å². The van der Waals surface area contributed by atoms with Crippen LogP contribution in [-0.4, -0.2) is 40.4 Å². The van der Waals surface area contributed by atoms with Crippen molar-refractivity contribution in [3.8, 4) is 0 Å². The number of aliphatic hydroxyl groups is 1. The molecule has 114 valence electrons. The van der Waals surface area contributed by atoms with E-state index in [0.717, 1.165) is 12.0 Å². The number of benzene rings is 1. The number of aryl methyl sites for hydroxylation is 1. The first-order valence-electron chi connectivity index (χ1n) is 6.98. The van der Waals surface area contributed by atoms with Crippen LogP contribution in [0.25, 0.3) is 0 Å². The highest BCUT2D eigenvalue weighted by molar-refractivity contribution is 5.13. The third-order valence-corrected chi connectivity index (χ3v) is 3.08. The largest absolute Gasteiger partial charge is 0.384 e. The summed E-state index contributed by atoms with van der Waals surface area (Å²) in [6.07, 6.45) is 1.67. The molecule has 0 amide bonds. The smallest absolute Gasteiger partial charge is 0.120 e. The minimum atomic E-state index is -0.699. The van der Waals surface area contributed by atoms with E-state index in [4.69, 9.17) is 9.47 Å². The molecule has 2 aromatic rings. The summed E-state index contributed by atoms with van der Waals surface area (Å²) in [5.74, 6) is 0. The first kappa shape index (κ1) is 15.6. The Balaban J connectivity index is 1.70. The molecule has 0 bridgehead atoms. The zero-order valence-electron chi connectivity index (χ0n) is 12.2. The fourth-order valence-electron chi connectivity index (χ4n) is 2.02. The Morgan fingerprint density at radius 2 is 2.10 bits per heavy atom. The van der Waals surface area contributed by atoms with Crippen molar-refractivity contribution >= 4 is 0 Å². The highest BCUT2D eigenvalue weighted by Gasteiger charge is 2.13. The maximum Gasteiger partial charge on any atom is 0.120 e. The molecule has 1 aromatic carbocycles. The molecule has 6 heteroatoms. The molecule has 0 spiro atoms. The minimum absolute atomic E-state index is 0.234. The molecule has 1 aromatic heterocycles. The van der Waals surface area contributed by atoms with Gasteiger partial charge in [-0.25, -0.2) is 4.68 Å². The molecular weight excluding hydrogens is 270 g/mol. The third kappa shape index (κ3) is 4.93. The Morgan fingerprint density at radius 3 is 2.86 bits per heavy atom. The summed E-state index contributed by atoms with van der Waals surface area (Å²) >= 11 is 0. The van der Waals surface area contributed by atoms with E-state index < -0.39 is 6.10 Å². The van der Waals surface area contributed by atoms with Crippen LogP contribution < -0.4 is 0 Å². The standard InChI is InChI=1S/C15H21N3O3/c1-20-12-15(19)14-10-16-17-18(14)8-5-9-21-11-13-6-3-2-4-7-13/h2-4,6-7,10,15,19H,5,8-9,11-12H2,1H3/t15-/m1/s1. The first-order valence-corrected chi connectivity index (χ1v) is 6.98. The van der Waals surface area contributed by atoms with Crippen LogP contribution in [0, 0.1) is 0 Å². The summed E-state index contributed by atoms with van der Waals surface area (Å²) in [4.78, 5) is 0. The predicted molar refractivity (Wildman–Crippen MR) is 77.6 cm³/mol. The van der Waals surface area contributed by atoms with Crippen molar-refractivity contribution in [3.63, 3.8) is 0 Å². The second-order valence-electron chi connectivity index (χ2n) is 4.74. The van der Waals surface area contributed by atoms with Gasteiger partial charge in [-0.15, -0.1) is 5.10 Å². The zero-order chi connectivity index (χ0) is 14.9. The molecule has 0 radical (unpaired) electrons. The number of rotatable bonds is 9. The van der Waals surface area contributed by atoms with Gasteiger partial charge in [0.15, 0.2) is 0 Å². The fourth-order valence-corrected chi connectivity index (χ4v) is 2.02. The molecule has 1 heterocycles. The van der Waals surface area contributed by atoms with Gasteiger partial charge in [0.2, 0.25) is 0 Å². The van der Waals surface area contributed by atoms with Crippen LogP contribution in [0.2, 0.25) is 0 Å². The lowest BCUT2D eigenvalue weighted by Gasteiger charge is -2.11. The highest BCUT2D eigenvalue weighted by atomic mass is 16.5. The van der Waals surface area contributed by atoms with E-state index in [0.29, 0.717) is 25.5 Å². The van der Waals surface area contributed by atoms with Crippen molar-refractivity contribution in [1.82, 2.24) is 15.0 Å². The molecule has 21 heavy (non-hydrogen) atoms. The molecule has 0 saturated carbocycles. The molecule has 0 saturated heterocycles. The van der Waals surface area contributed by atoms with Crippen molar-refractivity contribution in [2.75, 3.05) is 20.3 Å². The van der Waals surface area contributed by atoms with Crippen molar-refractivity contribution < 1.29 is 14.6 Å². The average molecular weight is 291 g/mol. The summed E-state index contributed by atoms with van der Waals surface area (Å²) in [7, 11) is 1.55. The quantitative estimate of drug-likeness (QED) is 0.710. The zero-order valence-corrected chi connectivity index (χ0v) is 12.2. The van der Waals surface area contributed by atoms with Gasteiger partial charge in [-0.05, 0) is 12.0 Å². The Morgan fingerprint density at radius 1 is 1.29 bits per heavy atom. The summed E-state index contributed by atoms with van der Waals surface area (Å²) in [6, 6.07) is 10.1. The third-order valence-electron chi connectivity index (χ3n) is 3.08. The molecular formula is C15H21N3O3. The molecule has 0 aliphatic carbocycles. The lowest BCUT2D eigenvalue weighted by Crippen LogP contribution is -2.14. The minimum Gasteiger partial charge on any atom is -0.384 e. The summed E-state index contributed by atoms with van der Waals surface area (Å²) in [6.45, 7) is 2.13. The molecule has 0 fully saturated rings. The van der Waals surface area contributed by atoms with E-state index in [-0.39, 0.29) is 6.61 Å². The normalized spacial score (nSPS) is 12.5. The molecule has 0 aliphatic rings. The Labute approximate surface area is 124 Å². The fraction of sp³-hybridized carbons (Fsp3) is 0.467. The van der Waals surface area contributed by atoms with Gasteiger partial charge in [0.25, 0.3) is 0 Å². The van der Waals surface area contributed by atoms with Gasteiger partial charge < -0.3 is 14.6 Å². The van der Waals surface area contributed by atoms with Gasteiger partial charge in [0.1, 0.15) is 6.10 Å². The molecule has 0 unspecified atom stereocenters. The first-order chi connectivity index (χ1) is 10.3. The van der Waals surface area contributed by atoms with Crippen LogP contribution >= 0.6 is 0 Å². The molecule has 1 N–H and O–H groups in total. The SMILES string of the molecule is COC[C@@H](O)c1cnnn1CCCOCc1ccccc1. The van der Waals surface area contributed by atoms with Crippen LogP contribution in [0.1, 0.15) is 23.8 Å². The van der Waals surface area contributed by atoms with Crippen molar-refractivity contribution in [3.05, 3.63) is 47.8 Å². The van der Waals surface area contributed by atoms with E-state index in [1.54, 1.807) is 18.0 Å². The molecule has 2 rings (SSSR count). The van der Waals surface area contributed by atoms with Crippen molar-refractivity contribution in [1.29, 1.82) is 0 Å². The number of ether oxygens (including phenoxy) is 2. The van der Waals surface area contributed by atoms with Crippen molar-refractivity contribution in [2.24, 2.45) is 0 Å². The number of aliphatic hydroxyl groups excluding tert-OH is 1. The predicted octanol–water partition coefficient (Wildman–Crippen LogP) is 1.56. The van der Waals surface area contributed by atoms with Crippen LogP contribution in [0.3, 0.4) is 0 Å². The number of hydrogen-bond acceptors (Lipinski definition) is 5. The topological polar surface area (TPSA) is 69.4 Å². The lowest BCUT2D eigenvalue weighted by molar-refractivity contribution is 0.0577. The maximum atomic E-state index is 9.88. The Kier molecular flexibility index (Phi) is 6.33. The number of aromatic nitrogens is 3. The van der Waals surface area contributed by atoms with Crippen molar-refractivity contribution in [2.45, 2.75) is 25.7 Å². The van der Waals surface area contributed by atoms with Crippen LogP contribution in [-0.2, 0) is 22.6 Å². The Hall–Kier alpha value is -1.76. The van der Waals surface area contributed by atoms with Gasteiger partial charge >= 0.3 is 0 Å².